The van der Waals surface area contributed by atoms with Crippen molar-refractivity contribution in [1.29, 1.82) is 0 Å². The molecule has 1 unspecified atom stereocenters. The lowest BCUT2D eigenvalue weighted by Crippen LogP contribution is -2.18. The molecule has 0 N–H and O–H groups in total. The number of halogens is 1. The summed E-state index contributed by atoms with van der Waals surface area (Å²) in [7, 11) is -1.36. The van der Waals surface area contributed by atoms with Gasteiger partial charge in [-0.25, -0.2) is 8.42 Å². The first-order valence-corrected chi connectivity index (χ1v) is 8.58. The van der Waals surface area contributed by atoms with Crippen LogP contribution in [0.15, 0.2) is 18.2 Å². The van der Waals surface area contributed by atoms with Gasteiger partial charge in [-0.3, -0.25) is 0 Å². The maximum Gasteiger partial charge on any atom is 0.161 e. The summed E-state index contributed by atoms with van der Waals surface area (Å²) in [5.74, 6) is 1.54. The van der Waals surface area contributed by atoms with Crippen molar-refractivity contribution in [3.05, 3.63) is 23.8 Å². The van der Waals surface area contributed by atoms with Crippen molar-refractivity contribution in [1.82, 2.24) is 0 Å². The van der Waals surface area contributed by atoms with E-state index in [-0.39, 0.29) is 17.6 Å². The molecule has 100 valence electrons. The third kappa shape index (κ3) is 3.17. The average Bonchev–Trinajstić information content (AvgIpc) is 2.68. The van der Waals surface area contributed by atoms with E-state index in [0.29, 0.717) is 17.9 Å². The largest absolute Gasteiger partial charge is 0.493 e. The van der Waals surface area contributed by atoms with Crippen LogP contribution in [0.1, 0.15) is 12.0 Å². The Morgan fingerprint density at radius 2 is 2.17 bits per heavy atom. The van der Waals surface area contributed by atoms with Gasteiger partial charge in [0.15, 0.2) is 21.3 Å². The molecule has 0 saturated carbocycles. The average molecular weight is 335 g/mol. The van der Waals surface area contributed by atoms with Crippen LogP contribution in [0, 0.1) is 0 Å². The first-order chi connectivity index (χ1) is 8.54. The number of alkyl halides is 1. The summed E-state index contributed by atoms with van der Waals surface area (Å²) in [5, 5.41) is 0.719. The molecular weight excluding hydrogens is 320 g/mol. The van der Waals surface area contributed by atoms with Crippen LogP contribution in [-0.4, -0.2) is 33.1 Å². The van der Waals surface area contributed by atoms with Crippen LogP contribution in [0.3, 0.4) is 0 Å². The molecule has 1 aliphatic heterocycles. The molecule has 1 aromatic rings. The fourth-order valence-electron chi connectivity index (χ4n) is 1.93. The van der Waals surface area contributed by atoms with Crippen molar-refractivity contribution < 1.29 is 17.9 Å². The molecule has 0 aromatic heterocycles. The molecule has 4 nitrogen and oxygen atoms in total. The van der Waals surface area contributed by atoms with Crippen LogP contribution >= 0.6 is 15.9 Å². The quantitative estimate of drug-likeness (QED) is 0.792. The van der Waals surface area contributed by atoms with Crippen LogP contribution in [0.4, 0.5) is 0 Å². The maximum atomic E-state index is 11.4. The lowest BCUT2D eigenvalue weighted by atomic mass is 10.2. The van der Waals surface area contributed by atoms with Crippen molar-refractivity contribution in [2.45, 2.75) is 17.9 Å². The van der Waals surface area contributed by atoms with E-state index in [1.165, 1.54) is 0 Å². The molecule has 1 saturated heterocycles. The number of hydrogen-bond acceptors (Lipinski definition) is 4. The Kier molecular flexibility index (Phi) is 4.17. The van der Waals surface area contributed by atoms with Crippen molar-refractivity contribution >= 4 is 25.8 Å². The van der Waals surface area contributed by atoms with Gasteiger partial charge in [-0.2, -0.15) is 0 Å². The third-order valence-corrected chi connectivity index (χ3v) is 5.25. The summed E-state index contributed by atoms with van der Waals surface area (Å²) in [6, 6.07) is 5.64. The Morgan fingerprint density at radius 3 is 2.72 bits per heavy atom. The second-order valence-corrected chi connectivity index (χ2v) is 7.05. The Labute approximate surface area is 115 Å². The third-order valence-electron chi connectivity index (χ3n) is 2.87. The zero-order chi connectivity index (χ0) is 13.2. The Balaban J connectivity index is 2.17. The molecule has 6 heteroatoms. The minimum absolute atomic E-state index is 0.0920. The van der Waals surface area contributed by atoms with Gasteiger partial charge < -0.3 is 9.47 Å². The van der Waals surface area contributed by atoms with Gasteiger partial charge in [0.1, 0.15) is 6.10 Å². The summed E-state index contributed by atoms with van der Waals surface area (Å²) >= 11 is 3.38. The predicted molar refractivity (Wildman–Crippen MR) is 73.3 cm³/mol. The lowest BCUT2D eigenvalue weighted by molar-refractivity contribution is 0.218. The second kappa shape index (κ2) is 5.48. The molecule has 1 atom stereocenters. The van der Waals surface area contributed by atoms with Gasteiger partial charge in [0, 0.05) is 5.33 Å². The van der Waals surface area contributed by atoms with Gasteiger partial charge in [-0.1, -0.05) is 22.0 Å². The van der Waals surface area contributed by atoms with E-state index in [9.17, 15) is 8.42 Å². The van der Waals surface area contributed by atoms with E-state index >= 15 is 0 Å². The highest BCUT2D eigenvalue weighted by atomic mass is 79.9. The molecule has 1 aromatic carbocycles. The molecule has 0 aliphatic carbocycles. The Hall–Kier alpha value is -0.750. The first kappa shape index (κ1) is 13.7. The number of sulfone groups is 1. The first-order valence-electron chi connectivity index (χ1n) is 5.64. The summed E-state index contributed by atoms with van der Waals surface area (Å²) < 4.78 is 33.7. The van der Waals surface area contributed by atoms with Gasteiger partial charge in [0.25, 0.3) is 0 Å². The van der Waals surface area contributed by atoms with Crippen molar-refractivity contribution in [3.8, 4) is 11.5 Å². The number of benzene rings is 1. The van der Waals surface area contributed by atoms with Crippen LogP contribution in [0.2, 0.25) is 0 Å². The van der Waals surface area contributed by atoms with E-state index in [4.69, 9.17) is 9.47 Å². The molecule has 0 bridgehead atoms. The highest BCUT2D eigenvalue weighted by Gasteiger charge is 2.30. The summed E-state index contributed by atoms with van der Waals surface area (Å²) in [4.78, 5) is 0. The Bertz CT molecular complexity index is 527. The smallest absolute Gasteiger partial charge is 0.161 e. The van der Waals surface area contributed by atoms with E-state index in [2.05, 4.69) is 15.9 Å². The van der Waals surface area contributed by atoms with Gasteiger partial charge in [-0.15, -0.1) is 0 Å². The van der Waals surface area contributed by atoms with Crippen LogP contribution < -0.4 is 9.47 Å². The maximum absolute atomic E-state index is 11.4. The zero-order valence-electron chi connectivity index (χ0n) is 10.1. The Morgan fingerprint density at radius 1 is 1.39 bits per heavy atom. The minimum Gasteiger partial charge on any atom is -0.493 e. The molecule has 0 spiro atoms. The fourth-order valence-corrected chi connectivity index (χ4v) is 3.87. The molecule has 2 rings (SSSR count). The predicted octanol–water partition coefficient (Wildman–Crippen LogP) is 2.16. The molecule has 0 amide bonds. The second-order valence-electron chi connectivity index (χ2n) is 4.26. The molecule has 0 radical (unpaired) electrons. The van der Waals surface area contributed by atoms with Gasteiger partial charge in [0.2, 0.25) is 0 Å². The number of ether oxygens (including phenoxy) is 2. The number of rotatable bonds is 4. The zero-order valence-corrected chi connectivity index (χ0v) is 12.5. The van der Waals surface area contributed by atoms with Gasteiger partial charge >= 0.3 is 0 Å². The summed E-state index contributed by atoms with van der Waals surface area (Å²) in [6.45, 7) is 0. The molecule has 1 fully saturated rings. The standard InChI is InChI=1S/C12H15BrO4S/c1-16-11-3-2-9(7-13)6-12(11)17-10-4-5-18(14,15)8-10/h2-3,6,10H,4-5,7-8H2,1H3. The highest BCUT2D eigenvalue weighted by molar-refractivity contribution is 9.08. The number of hydrogen-bond donors (Lipinski definition) is 0. The van der Waals surface area contributed by atoms with Crippen molar-refractivity contribution in [2.75, 3.05) is 18.6 Å². The van der Waals surface area contributed by atoms with E-state index in [1.54, 1.807) is 7.11 Å². The summed E-state index contributed by atoms with van der Waals surface area (Å²) in [5.41, 5.74) is 1.06. The highest BCUT2D eigenvalue weighted by Crippen LogP contribution is 2.31. The topological polar surface area (TPSA) is 52.6 Å². The van der Waals surface area contributed by atoms with Gasteiger partial charge in [-0.05, 0) is 24.1 Å². The van der Waals surface area contributed by atoms with Crippen molar-refractivity contribution in [3.63, 3.8) is 0 Å². The van der Waals surface area contributed by atoms with E-state index in [1.807, 2.05) is 18.2 Å². The SMILES string of the molecule is COc1ccc(CBr)cc1OC1CCS(=O)(=O)C1. The summed E-state index contributed by atoms with van der Waals surface area (Å²) in [6.07, 6.45) is 0.277. The van der Waals surface area contributed by atoms with Gasteiger partial charge in [0.05, 0.1) is 18.6 Å². The molecule has 18 heavy (non-hydrogen) atoms. The minimum atomic E-state index is -2.93. The van der Waals surface area contributed by atoms with Crippen LogP contribution in [0.25, 0.3) is 0 Å². The monoisotopic (exact) mass is 334 g/mol. The van der Waals surface area contributed by atoms with E-state index in [0.717, 1.165) is 10.9 Å². The van der Waals surface area contributed by atoms with Crippen LogP contribution in [-0.2, 0) is 15.2 Å². The molecular formula is C12H15BrO4S. The van der Waals surface area contributed by atoms with Crippen molar-refractivity contribution in [2.24, 2.45) is 0 Å². The van der Waals surface area contributed by atoms with Crippen LogP contribution in [0.5, 0.6) is 11.5 Å². The molecule has 1 aliphatic rings. The number of methoxy groups -OCH3 is 1. The lowest BCUT2D eigenvalue weighted by Gasteiger charge is -2.15. The molecule has 1 heterocycles. The normalized spacial score (nSPS) is 21.8. The van der Waals surface area contributed by atoms with E-state index < -0.39 is 9.84 Å². The fraction of sp³-hybridized carbons (Fsp3) is 0.500.